The number of aliphatic hydroxyl groups excluding tert-OH is 2. The fraction of sp³-hybridized carbons (Fsp3) is 0.250. The van der Waals surface area contributed by atoms with Crippen molar-refractivity contribution in [2.75, 3.05) is 0 Å². The highest BCUT2D eigenvalue weighted by Gasteiger charge is 2.04. The van der Waals surface area contributed by atoms with Crippen LogP contribution in [0.15, 0.2) is 48.5 Å². The molecule has 4 heteroatoms. The molecule has 0 atom stereocenters. The number of hydrogen-bond donors (Lipinski definition) is 3. The zero-order valence-electron chi connectivity index (χ0n) is 11.2. The van der Waals surface area contributed by atoms with Crippen molar-refractivity contribution in [3.05, 3.63) is 70.8 Å². The summed E-state index contributed by atoms with van der Waals surface area (Å²) in [6, 6.07) is 15.0. The van der Waals surface area contributed by atoms with Gasteiger partial charge in [-0.2, -0.15) is 5.06 Å². The maximum absolute atomic E-state index is 9.94. The first-order valence-electron chi connectivity index (χ1n) is 6.52. The van der Waals surface area contributed by atoms with Crippen molar-refractivity contribution in [1.82, 2.24) is 5.06 Å². The molecule has 0 unspecified atom stereocenters. The van der Waals surface area contributed by atoms with Gasteiger partial charge in [-0.05, 0) is 22.3 Å². The smallest absolute Gasteiger partial charge is 0.0681 e. The number of rotatable bonds is 6. The van der Waals surface area contributed by atoms with Gasteiger partial charge in [-0.1, -0.05) is 48.5 Å². The first kappa shape index (κ1) is 14.7. The van der Waals surface area contributed by atoms with Gasteiger partial charge in [-0.3, -0.25) is 0 Å². The van der Waals surface area contributed by atoms with Crippen molar-refractivity contribution in [1.29, 1.82) is 0 Å². The Balaban J connectivity index is 1.91. The number of hydroxylamine groups is 2. The van der Waals surface area contributed by atoms with Gasteiger partial charge >= 0.3 is 0 Å². The molecule has 2 rings (SSSR count). The third kappa shape index (κ3) is 4.15. The number of nitrogens with zero attached hydrogens (tertiary/aromatic N) is 1. The third-order valence-electron chi connectivity index (χ3n) is 3.14. The van der Waals surface area contributed by atoms with Crippen molar-refractivity contribution in [3.8, 4) is 0 Å². The van der Waals surface area contributed by atoms with Crippen molar-refractivity contribution >= 4 is 0 Å². The van der Waals surface area contributed by atoms with Crippen LogP contribution >= 0.6 is 0 Å². The number of hydrogen-bond acceptors (Lipinski definition) is 4. The van der Waals surface area contributed by atoms with E-state index in [9.17, 15) is 5.21 Å². The summed E-state index contributed by atoms with van der Waals surface area (Å²) in [7, 11) is 0. The Hall–Kier alpha value is -1.72. The van der Waals surface area contributed by atoms with E-state index in [0.29, 0.717) is 13.1 Å². The van der Waals surface area contributed by atoms with Gasteiger partial charge in [-0.15, -0.1) is 0 Å². The van der Waals surface area contributed by atoms with Gasteiger partial charge < -0.3 is 15.4 Å². The summed E-state index contributed by atoms with van der Waals surface area (Å²) in [5.41, 5.74) is 3.68. The standard InChI is InChI=1S/C16H19NO3/c18-11-15-5-1-13(2-6-15)9-17(20)10-14-3-7-16(12-19)8-4-14/h1-8,18-20H,9-12H2. The lowest BCUT2D eigenvalue weighted by molar-refractivity contribution is -0.108. The van der Waals surface area contributed by atoms with Gasteiger partial charge in [0.2, 0.25) is 0 Å². The molecule has 0 heterocycles. The molecule has 4 nitrogen and oxygen atoms in total. The van der Waals surface area contributed by atoms with Gasteiger partial charge in [0.1, 0.15) is 0 Å². The summed E-state index contributed by atoms with van der Waals surface area (Å²) in [4.78, 5) is 0. The second-order valence-corrected chi connectivity index (χ2v) is 4.77. The highest BCUT2D eigenvalue weighted by Crippen LogP contribution is 2.11. The van der Waals surface area contributed by atoms with Crippen LogP contribution in [-0.4, -0.2) is 20.5 Å². The molecule has 0 amide bonds. The van der Waals surface area contributed by atoms with E-state index in [1.165, 1.54) is 5.06 Å². The van der Waals surface area contributed by atoms with Crippen LogP contribution in [0, 0.1) is 0 Å². The molecule has 0 fully saturated rings. The fourth-order valence-electron chi connectivity index (χ4n) is 1.98. The molecule has 106 valence electrons. The highest BCUT2D eigenvalue weighted by atomic mass is 16.5. The predicted molar refractivity (Wildman–Crippen MR) is 75.8 cm³/mol. The van der Waals surface area contributed by atoms with Crippen LogP contribution in [0.5, 0.6) is 0 Å². The second-order valence-electron chi connectivity index (χ2n) is 4.77. The molecule has 3 N–H and O–H groups in total. The van der Waals surface area contributed by atoms with E-state index in [0.717, 1.165) is 22.3 Å². The van der Waals surface area contributed by atoms with E-state index < -0.39 is 0 Å². The van der Waals surface area contributed by atoms with Gasteiger partial charge in [0.15, 0.2) is 0 Å². The Kier molecular flexibility index (Phi) is 5.26. The van der Waals surface area contributed by atoms with E-state index in [1.807, 2.05) is 48.5 Å². The molecule has 0 aromatic heterocycles. The van der Waals surface area contributed by atoms with E-state index in [2.05, 4.69) is 0 Å². The highest BCUT2D eigenvalue weighted by molar-refractivity contribution is 5.23. The Bertz CT molecular complexity index is 473. The van der Waals surface area contributed by atoms with E-state index in [4.69, 9.17) is 10.2 Å². The van der Waals surface area contributed by atoms with Crippen LogP contribution in [0.3, 0.4) is 0 Å². The second kappa shape index (κ2) is 7.17. The van der Waals surface area contributed by atoms with Crippen LogP contribution in [0.2, 0.25) is 0 Å². The molecule has 2 aromatic rings. The van der Waals surface area contributed by atoms with Gasteiger partial charge in [0.25, 0.3) is 0 Å². The van der Waals surface area contributed by atoms with Crippen molar-refractivity contribution < 1.29 is 15.4 Å². The topological polar surface area (TPSA) is 63.9 Å². The molecule has 0 saturated carbocycles. The Morgan fingerprint density at radius 3 is 1.20 bits per heavy atom. The molecular weight excluding hydrogens is 254 g/mol. The lowest BCUT2D eigenvalue weighted by Gasteiger charge is -2.15. The minimum Gasteiger partial charge on any atom is -0.392 e. The minimum absolute atomic E-state index is 0.0281. The fourth-order valence-corrected chi connectivity index (χ4v) is 1.98. The van der Waals surface area contributed by atoms with Crippen molar-refractivity contribution in [3.63, 3.8) is 0 Å². The SMILES string of the molecule is OCc1ccc(CN(O)Cc2ccc(CO)cc2)cc1. The summed E-state index contributed by atoms with van der Waals surface area (Å²) in [6.45, 7) is 0.904. The quantitative estimate of drug-likeness (QED) is 0.705. The molecule has 0 aliphatic carbocycles. The molecule has 2 aromatic carbocycles. The monoisotopic (exact) mass is 273 g/mol. The molecule has 0 radical (unpaired) electrons. The van der Waals surface area contributed by atoms with E-state index >= 15 is 0 Å². The van der Waals surface area contributed by atoms with Crippen LogP contribution in [0.25, 0.3) is 0 Å². The summed E-state index contributed by atoms with van der Waals surface area (Å²) in [6.07, 6.45) is 0. The van der Waals surface area contributed by atoms with Crippen molar-refractivity contribution in [2.24, 2.45) is 0 Å². The largest absolute Gasteiger partial charge is 0.392 e. The van der Waals surface area contributed by atoms with Crippen molar-refractivity contribution in [2.45, 2.75) is 26.3 Å². The molecule has 0 aliphatic rings. The zero-order chi connectivity index (χ0) is 14.4. The van der Waals surface area contributed by atoms with Gasteiger partial charge in [0, 0.05) is 13.1 Å². The Labute approximate surface area is 118 Å². The Morgan fingerprint density at radius 2 is 0.900 bits per heavy atom. The lowest BCUT2D eigenvalue weighted by Crippen LogP contribution is -2.18. The van der Waals surface area contributed by atoms with E-state index in [1.54, 1.807) is 0 Å². The molecule has 0 aliphatic heterocycles. The predicted octanol–water partition coefficient (Wildman–Crippen LogP) is 2.06. The third-order valence-corrected chi connectivity index (χ3v) is 3.14. The molecule has 0 saturated heterocycles. The zero-order valence-corrected chi connectivity index (χ0v) is 11.2. The number of aliphatic hydroxyl groups is 2. The summed E-state index contributed by atoms with van der Waals surface area (Å²) in [5, 5.41) is 29.1. The molecule has 0 bridgehead atoms. The number of benzene rings is 2. The van der Waals surface area contributed by atoms with Crippen LogP contribution in [0.1, 0.15) is 22.3 Å². The first-order chi connectivity index (χ1) is 9.71. The molecule has 0 spiro atoms. The molecule has 20 heavy (non-hydrogen) atoms. The van der Waals surface area contributed by atoms with Crippen LogP contribution in [-0.2, 0) is 26.3 Å². The maximum atomic E-state index is 9.94. The van der Waals surface area contributed by atoms with Crippen LogP contribution in [0.4, 0.5) is 0 Å². The first-order valence-corrected chi connectivity index (χ1v) is 6.52. The van der Waals surface area contributed by atoms with Gasteiger partial charge in [-0.25, -0.2) is 0 Å². The maximum Gasteiger partial charge on any atom is 0.0681 e. The summed E-state index contributed by atoms with van der Waals surface area (Å²) in [5.74, 6) is 0. The average molecular weight is 273 g/mol. The van der Waals surface area contributed by atoms with E-state index in [-0.39, 0.29) is 13.2 Å². The van der Waals surface area contributed by atoms with Gasteiger partial charge in [0.05, 0.1) is 13.2 Å². The summed E-state index contributed by atoms with van der Waals surface area (Å²) >= 11 is 0. The average Bonchev–Trinajstić information content (AvgIpc) is 2.49. The lowest BCUT2D eigenvalue weighted by atomic mass is 10.1. The Morgan fingerprint density at radius 1 is 0.600 bits per heavy atom. The van der Waals surface area contributed by atoms with Crippen LogP contribution < -0.4 is 0 Å². The normalized spacial score (nSPS) is 11.0. The minimum atomic E-state index is 0.0281. The molecular formula is C16H19NO3. The summed E-state index contributed by atoms with van der Waals surface area (Å²) < 4.78 is 0.